The molecular formula is C13H18N2O3. The highest BCUT2D eigenvalue weighted by Crippen LogP contribution is 2.36. The topological polar surface area (TPSA) is 75.2 Å². The van der Waals surface area contributed by atoms with Crippen LogP contribution in [-0.2, 0) is 9.53 Å². The molecule has 1 saturated heterocycles. The van der Waals surface area contributed by atoms with Gasteiger partial charge >= 0.3 is 5.97 Å². The second-order valence-corrected chi connectivity index (χ2v) is 4.98. The molecule has 0 saturated carbocycles. The van der Waals surface area contributed by atoms with Crippen LogP contribution in [-0.4, -0.2) is 27.9 Å². The zero-order valence-corrected chi connectivity index (χ0v) is 10.6. The van der Waals surface area contributed by atoms with Crippen LogP contribution in [0.15, 0.2) is 12.3 Å². The van der Waals surface area contributed by atoms with Crippen molar-refractivity contribution in [1.82, 2.24) is 10.2 Å². The number of nitrogens with zero attached hydrogens (tertiary/aromatic N) is 1. The van der Waals surface area contributed by atoms with Gasteiger partial charge in [0.05, 0.1) is 18.5 Å². The molecule has 0 amide bonds. The van der Waals surface area contributed by atoms with Gasteiger partial charge in [0.1, 0.15) is 6.10 Å². The number of aromatic amines is 1. The fraction of sp³-hybridized carbons (Fsp3) is 0.538. The smallest absolute Gasteiger partial charge is 0.328 e. The predicted molar refractivity (Wildman–Crippen MR) is 66.9 cm³/mol. The molecule has 18 heavy (non-hydrogen) atoms. The number of aromatic nitrogens is 2. The summed E-state index contributed by atoms with van der Waals surface area (Å²) >= 11 is 0. The molecule has 1 fully saturated rings. The van der Waals surface area contributed by atoms with Crippen LogP contribution < -0.4 is 0 Å². The molecule has 1 aliphatic heterocycles. The zero-order chi connectivity index (χ0) is 13.1. The van der Waals surface area contributed by atoms with E-state index in [0.29, 0.717) is 11.8 Å². The first-order valence-corrected chi connectivity index (χ1v) is 6.13. The molecule has 3 unspecified atom stereocenters. The Hall–Kier alpha value is -1.62. The van der Waals surface area contributed by atoms with Gasteiger partial charge in [-0.2, -0.15) is 5.10 Å². The Bertz CT molecular complexity index is 453. The lowest BCUT2D eigenvalue weighted by Gasteiger charge is -2.32. The molecule has 2 rings (SSSR count). The van der Waals surface area contributed by atoms with Crippen LogP contribution in [0.25, 0.3) is 6.08 Å². The van der Waals surface area contributed by atoms with E-state index in [1.807, 2.05) is 0 Å². The molecule has 0 spiro atoms. The lowest BCUT2D eigenvalue weighted by atomic mass is 9.88. The van der Waals surface area contributed by atoms with Crippen molar-refractivity contribution in [1.29, 1.82) is 0 Å². The first-order valence-electron chi connectivity index (χ1n) is 6.13. The number of carboxylic acids is 1. The molecule has 3 atom stereocenters. The number of nitrogens with one attached hydrogen (secondary N) is 1. The lowest BCUT2D eigenvalue weighted by Crippen LogP contribution is -2.26. The van der Waals surface area contributed by atoms with Crippen molar-refractivity contribution in [2.75, 3.05) is 6.61 Å². The molecule has 0 aromatic carbocycles. The summed E-state index contributed by atoms with van der Waals surface area (Å²) in [4.78, 5) is 10.5. The first kappa shape index (κ1) is 12.8. The summed E-state index contributed by atoms with van der Waals surface area (Å²) in [6.07, 6.45) is 5.37. The van der Waals surface area contributed by atoms with Crippen molar-refractivity contribution < 1.29 is 14.6 Å². The Morgan fingerprint density at radius 3 is 3.06 bits per heavy atom. The molecule has 0 aliphatic carbocycles. The van der Waals surface area contributed by atoms with Crippen molar-refractivity contribution in [3.8, 4) is 0 Å². The van der Waals surface area contributed by atoms with Gasteiger partial charge in [-0.25, -0.2) is 4.79 Å². The quantitative estimate of drug-likeness (QED) is 0.807. The first-order chi connectivity index (χ1) is 8.58. The van der Waals surface area contributed by atoms with Gasteiger partial charge in [0.2, 0.25) is 0 Å². The number of carboxylic acid groups (broad SMARTS) is 1. The number of hydrogen-bond donors (Lipinski definition) is 2. The van der Waals surface area contributed by atoms with Crippen LogP contribution in [0.4, 0.5) is 0 Å². The number of carbonyl (C=O) groups is 1. The minimum absolute atomic E-state index is 0.0304. The maximum absolute atomic E-state index is 10.5. The molecule has 2 N–H and O–H groups in total. The summed E-state index contributed by atoms with van der Waals surface area (Å²) in [6, 6.07) is 0. The summed E-state index contributed by atoms with van der Waals surface area (Å²) in [5, 5.41) is 15.6. The molecule has 98 valence electrons. The third kappa shape index (κ3) is 2.79. The highest BCUT2D eigenvalue weighted by Gasteiger charge is 2.29. The standard InChI is InChI=1S/C13H18N2O3/c1-8-5-9(2)13(18-7-8)12-10(6-14-15-12)3-4-11(16)17/h3-4,6,8-9,13H,5,7H2,1-2H3,(H,14,15)(H,16,17)/b4-3+. The predicted octanol–water partition coefficient (Wildman–Crippen LogP) is 2.24. The van der Waals surface area contributed by atoms with E-state index >= 15 is 0 Å². The van der Waals surface area contributed by atoms with Gasteiger partial charge < -0.3 is 9.84 Å². The Balaban J connectivity index is 2.18. The molecule has 0 bridgehead atoms. The maximum atomic E-state index is 10.5. The van der Waals surface area contributed by atoms with E-state index in [0.717, 1.165) is 30.4 Å². The van der Waals surface area contributed by atoms with Crippen molar-refractivity contribution in [2.24, 2.45) is 11.8 Å². The largest absolute Gasteiger partial charge is 0.478 e. The van der Waals surface area contributed by atoms with E-state index in [9.17, 15) is 4.79 Å². The highest BCUT2D eigenvalue weighted by atomic mass is 16.5. The molecule has 5 heteroatoms. The van der Waals surface area contributed by atoms with Crippen LogP contribution in [0.5, 0.6) is 0 Å². The van der Waals surface area contributed by atoms with Crippen LogP contribution in [0.3, 0.4) is 0 Å². The number of hydrogen-bond acceptors (Lipinski definition) is 3. The van der Waals surface area contributed by atoms with Gasteiger partial charge in [0.25, 0.3) is 0 Å². The van der Waals surface area contributed by atoms with Gasteiger partial charge in [-0.15, -0.1) is 0 Å². The van der Waals surface area contributed by atoms with Gasteiger partial charge in [-0.05, 0) is 24.3 Å². The average Bonchev–Trinajstić information content (AvgIpc) is 2.74. The fourth-order valence-corrected chi connectivity index (χ4v) is 2.45. The van der Waals surface area contributed by atoms with Gasteiger partial charge in [-0.3, -0.25) is 5.10 Å². The van der Waals surface area contributed by atoms with Crippen molar-refractivity contribution in [3.05, 3.63) is 23.5 Å². The summed E-state index contributed by atoms with van der Waals surface area (Å²) < 4.78 is 5.84. The molecule has 5 nitrogen and oxygen atoms in total. The Morgan fingerprint density at radius 2 is 2.39 bits per heavy atom. The maximum Gasteiger partial charge on any atom is 0.328 e. The van der Waals surface area contributed by atoms with Crippen LogP contribution in [0, 0.1) is 11.8 Å². The van der Waals surface area contributed by atoms with Crippen molar-refractivity contribution >= 4 is 12.0 Å². The lowest BCUT2D eigenvalue weighted by molar-refractivity contribution is -0.131. The highest BCUT2D eigenvalue weighted by molar-refractivity contribution is 5.85. The molecule has 2 heterocycles. The average molecular weight is 250 g/mol. The fourth-order valence-electron chi connectivity index (χ4n) is 2.45. The number of ether oxygens (including phenoxy) is 1. The monoisotopic (exact) mass is 250 g/mol. The minimum Gasteiger partial charge on any atom is -0.478 e. The molecule has 0 radical (unpaired) electrons. The SMILES string of the molecule is CC1COC(c2[nH]ncc2/C=C/C(=O)O)C(C)C1. The normalized spacial score (nSPS) is 28.7. The van der Waals surface area contributed by atoms with Crippen molar-refractivity contribution in [2.45, 2.75) is 26.4 Å². The second kappa shape index (κ2) is 5.35. The van der Waals surface area contributed by atoms with E-state index in [1.54, 1.807) is 12.3 Å². The van der Waals surface area contributed by atoms with Crippen LogP contribution in [0.2, 0.25) is 0 Å². The van der Waals surface area contributed by atoms with E-state index in [-0.39, 0.29) is 6.10 Å². The zero-order valence-electron chi connectivity index (χ0n) is 10.6. The molecule has 1 aliphatic rings. The van der Waals surface area contributed by atoms with Crippen LogP contribution >= 0.6 is 0 Å². The summed E-state index contributed by atoms with van der Waals surface area (Å²) in [6.45, 7) is 5.05. The summed E-state index contributed by atoms with van der Waals surface area (Å²) in [7, 11) is 0. The van der Waals surface area contributed by atoms with Crippen molar-refractivity contribution in [3.63, 3.8) is 0 Å². The molecule has 1 aromatic rings. The number of aliphatic carboxylic acids is 1. The Kier molecular flexibility index (Phi) is 3.81. The molecular weight excluding hydrogens is 232 g/mol. The number of H-pyrrole nitrogens is 1. The second-order valence-electron chi connectivity index (χ2n) is 4.98. The van der Waals surface area contributed by atoms with Crippen LogP contribution in [0.1, 0.15) is 37.6 Å². The summed E-state index contributed by atoms with van der Waals surface area (Å²) in [5.41, 5.74) is 1.65. The Morgan fingerprint density at radius 1 is 1.61 bits per heavy atom. The van der Waals surface area contributed by atoms with E-state index in [2.05, 4.69) is 24.0 Å². The van der Waals surface area contributed by atoms with Gasteiger partial charge in [-0.1, -0.05) is 13.8 Å². The molecule has 1 aromatic heterocycles. The Labute approximate surface area is 106 Å². The minimum atomic E-state index is -0.964. The van der Waals surface area contributed by atoms with E-state index in [1.165, 1.54) is 0 Å². The van der Waals surface area contributed by atoms with E-state index < -0.39 is 5.97 Å². The van der Waals surface area contributed by atoms with Gasteiger partial charge in [0, 0.05) is 11.6 Å². The van der Waals surface area contributed by atoms with Gasteiger partial charge in [0.15, 0.2) is 0 Å². The third-order valence-electron chi connectivity index (χ3n) is 3.24. The van der Waals surface area contributed by atoms with E-state index in [4.69, 9.17) is 9.84 Å². The summed E-state index contributed by atoms with van der Waals surface area (Å²) in [5.74, 6) is -0.00301. The number of rotatable bonds is 3. The third-order valence-corrected chi connectivity index (χ3v) is 3.24.